The highest BCUT2D eigenvalue weighted by atomic mass is 19.4. The highest BCUT2D eigenvalue weighted by Crippen LogP contribution is 2.38. The first-order valence-corrected chi connectivity index (χ1v) is 9.54. The molecule has 4 rings (SSSR count). The fourth-order valence-corrected chi connectivity index (χ4v) is 3.32. The summed E-state index contributed by atoms with van der Waals surface area (Å²) < 4.78 is 105. The zero-order valence-electron chi connectivity index (χ0n) is 16.7. The van der Waals surface area contributed by atoms with Crippen molar-refractivity contribution in [2.24, 2.45) is 0 Å². The summed E-state index contributed by atoms with van der Waals surface area (Å²) >= 11 is 0. The Hall–Kier alpha value is -3.50. The Balaban J connectivity index is 1.54. The molecule has 11 heteroatoms. The van der Waals surface area contributed by atoms with Crippen LogP contribution in [-0.4, -0.2) is 16.4 Å². The molecule has 1 aliphatic heterocycles. The molecule has 0 aliphatic carbocycles. The Morgan fingerprint density at radius 2 is 1.82 bits per heavy atom. The summed E-state index contributed by atoms with van der Waals surface area (Å²) in [5.74, 6) is -0.704. The molecule has 0 radical (unpaired) electrons. The van der Waals surface area contributed by atoms with Gasteiger partial charge in [0.2, 0.25) is 0 Å². The molecule has 4 nitrogen and oxygen atoms in total. The highest BCUT2D eigenvalue weighted by Gasteiger charge is 2.38. The SMILES string of the molecule is Fc1cc(OCc2ccc(C(F)(F)F)cc2C(F)(F)F)cc2c1C=C(Cn1cccn1)CO2. The monoisotopic (exact) mass is 472 g/mol. The molecule has 0 unspecified atom stereocenters. The van der Waals surface area contributed by atoms with Crippen molar-refractivity contribution in [2.75, 3.05) is 6.61 Å². The van der Waals surface area contributed by atoms with Crippen LogP contribution in [0.25, 0.3) is 6.08 Å². The van der Waals surface area contributed by atoms with Gasteiger partial charge in [0.05, 0.1) is 23.2 Å². The van der Waals surface area contributed by atoms with E-state index >= 15 is 0 Å². The fourth-order valence-electron chi connectivity index (χ4n) is 3.32. The van der Waals surface area contributed by atoms with E-state index in [0.717, 1.165) is 11.6 Å². The van der Waals surface area contributed by atoms with Crippen LogP contribution in [0.2, 0.25) is 0 Å². The molecule has 0 saturated heterocycles. The minimum absolute atomic E-state index is 0.0289. The molecule has 1 aromatic heterocycles. The third kappa shape index (κ3) is 5.12. The Morgan fingerprint density at radius 3 is 2.48 bits per heavy atom. The highest BCUT2D eigenvalue weighted by molar-refractivity contribution is 5.64. The normalized spacial score (nSPS) is 13.8. The first-order chi connectivity index (χ1) is 15.5. The molecule has 0 amide bonds. The third-order valence-electron chi connectivity index (χ3n) is 4.89. The van der Waals surface area contributed by atoms with Gasteiger partial charge >= 0.3 is 12.4 Å². The van der Waals surface area contributed by atoms with Crippen molar-refractivity contribution in [3.63, 3.8) is 0 Å². The van der Waals surface area contributed by atoms with Crippen molar-refractivity contribution in [1.82, 2.24) is 9.78 Å². The molecule has 3 aromatic rings. The molecule has 174 valence electrons. The van der Waals surface area contributed by atoms with Crippen LogP contribution in [0.15, 0.2) is 54.4 Å². The van der Waals surface area contributed by atoms with Gasteiger partial charge in [0.25, 0.3) is 0 Å². The zero-order valence-corrected chi connectivity index (χ0v) is 16.7. The number of alkyl halides is 6. The maximum absolute atomic E-state index is 14.6. The predicted molar refractivity (Wildman–Crippen MR) is 103 cm³/mol. The smallest absolute Gasteiger partial charge is 0.416 e. The van der Waals surface area contributed by atoms with Crippen LogP contribution in [0.5, 0.6) is 11.5 Å². The summed E-state index contributed by atoms with van der Waals surface area (Å²) in [6, 6.07) is 5.30. The number of hydrogen-bond donors (Lipinski definition) is 0. The second-order valence-corrected chi connectivity index (χ2v) is 7.27. The van der Waals surface area contributed by atoms with E-state index in [4.69, 9.17) is 9.47 Å². The largest absolute Gasteiger partial charge is 0.489 e. The van der Waals surface area contributed by atoms with Gasteiger partial charge in [-0.3, -0.25) is 4.68 Å². The lowest BCUT2D eigenvalue weighted by Crippen LogP contribution is -2.15. The van der Waals surface area contributed by atoms with Crippen molar-refractivity contribution in [3.05, 3.63) is 82.4 Å². The van der Waals surface area contributed by atoms with Crippen LogP contribution >= 0.6 is 0 Å². The number of hydrogen-bond acceptors (Lipinski definition) is 3. The molecule has 0 fully saturated rings. The molecule has 0 bridgehead atoms. The summed E-state index contributed by atoms with van der Waals surface area (Å²) in [7, 11) is 0. The summed E-state index contributed by atoms with van der Waals surface area (Å²) in [6.45, 7) is -0.184. The summed E-state index contributed by atoms with van der Waals surface area (Å²) in [4.78, 5) is 0. The van der Waals surface area contributed by atoms with Crippen LogP contribution in [0, 0.1) is 5.82 Å². The Bertz CT molecular complexity index is 1180. The summed E-state index contributed by atoms with van der Waals surface area (Å²) in [5.41, 5.74) is -2.52. The molecule has 0 spiro atoms. The van der Waals surface area contributed by atoms with Gasteiger partial charge in [-0.15, -0.1) is 0 Å². The van der Waals surface area contributed by atoms with Crippen LogP contribution in [-0.2, 0) is 25.5 Å². The van der Waals surface area contributed by atoms with Crippen molar-refractivity contribution in [1.29, 1.82) is 0 Å². The standard InChI is InChI=1S/C22H15F7N2O2/c23-19-8-16(9-20-17(19)6-13(11-33-20)10-31-5-1-4-30-31)32-12-14-2-3-15(21(24,25)26)7-18(14)22(27,28)29/h1-9H,10-12H2. The lowest BCUT2D eigenvalue weighted by Gasteiger charge is -2.20. The molecule has 2 heterocycles. The number of nitrogens with zero attached hydrogens (tertiary/aromatic N) is 2. The van der Waals surface area contributed by atoms with Crippen LogP contribution < -0.4 is 9.47 Å². The Morgan fingerprint density at radius 1 is 1.03 bits per heavy atom. The molecule has 33 heavy (non-hydrogen) atoms. The van der Waals surface area contributed by atoms with Gasteiger partial charge in [-0.1, -0.05) is 6.07 Å². The number of aromatic nitrogens is 2. The lowest BCUT2D eigenvalue weighted by molar-refractivity contribution is -0.143. The molecule has 0 N–H and O–H groups in total. The first kappa shape index (κ1) is 22.7. The van der Waals surface area contributed by atoms with Crippen LogP contribution in [0.3, 0.4) is 0 Å². The van der Waals surface area contributed by atoms with Gasteiger partial charge in [0.1, 0.15) is 30.5 Å². The van der Waals surface area contributed by atoms with Crippen molar-refractivity contribution >= 4 is 6.08 Å². The third-order valence-corrected chi connectivity index (χ3v) is 4.89. The number of ether oxygens (including phenoxy) is 2. The number of halogens is 7. The van der Waals surface area contributed by atoms with Gasteiger partial charge < -0.3 is 9.47 Å². The van der Waals surface area contributed by atoms with Gasteiger partial charge in [0, 0.05) is 30.1 Å². The quantitative estimate of drug-likeness (QED) is 0.420. The average molecular weight is 472 g/mol. The van der Waals surface area contributed by atoms with Crippen molar-refractivity contribution in [2.45, 2.75) is 25.5 Å². The number of benzene rings is 2. The van der Waals surface area contributed by atoms with Gasteiger partial charge in [-0.05, 0) is 29.8 Å². The zero-order chi connectivity index (χ0) is 23.8. The molecular formula is C22H15F7N2O2. The molecular weight excluding hydrogens is 457 g/mol. The second-order valence-electron chi connectivity index (χ2n) is 7.27. The maximum atomic E-state index is 14.6. The molecule has 2 aromatic carbocycles. The van der Waals surface area contributed by atoms with E-state index < -0.39 is 41.5 Å². The lowest BCUT2D eigenvalue weighted by atomic mass is 10.0. The molecule has 1 aliphatic rings. The molecule has 0 saturated carbocycles. The van der Waals surface area contributed by atoms with Gasteiger partial charge in [-0.25, -0.2) is 4.39 Å². The summed E-state index contributed by atoms with van der Waals surface area (Å²) in [6.07, 6.45) is -5.03. The van der Waals surface area contributed by atoms with Gasteiger partial charge in [-0.2, -0.15) is 31.4 Å². The maximum Gasteiger partial charge on any atom is 0.416 e. The minimum Gasteiger partial charge on any atom is -0.489 e. The Kier molecular flexibility index (Phi) is 5.81. The first-order valence-electron chi connectivity index (χ1n) is 9.54. The summed E-state index contributed by atoms with van der Waals surface area (Å²) in [5, 5.41) is 4.06. The predicted octanol–water partition coefficient (Wildman–Crippen LogP) is 6.11. The number of rotatable bonds is 5. The Labute approximate surface area is 182 Å². The van der Waals surface area contributed by atoms with E-state index in [0.29, 0.717) is 18.7 Å². The van der Waals surface area contributed by atoms with Crippen molar-refractivity contribution in [3.8, 4) is 11.5 Å². The van der Waals surface area contributed by atoms with Crippen LogP contribution in [0.4, 0.5) is 30.7 Å². The van der Waals surface area contributed by atoms with E-state index in [2.05, 4.69) is 5.10 Å². The fraction of sp³-hybridized carbons (Fsp3) is 0.227. The van der Waals surface area contributed by atoms with E-state index in [9.17, 15) is 30.7 Å². The van der Waals surface area contributed by atoms with E-state index in [1.54, 1.807) is 29.2 Å². The topological polar surface area (TPSA) is 36.3 Å². The average Bonchev–Trinajstić information content (AvgIpc) is 3.24. The minimum atomic E-state index is -5.03. The van der Waals surface area contributed by atoms with E-state index in [1.165, 1.54) is 6.07 Å². The van der Waals surface area contributed by atoms with E-state index in [-0.39, 0.29) is 29.7 Å². The molecule has 0 atom stereocenters. The van der Waals surface area contributed by atoms with Crippen LogP contribution in [0.1, 0.15) is 22.3 Å². The van der Waals surface area contributed by atoms with Gasteiger partial charge in [0.15, 0.2) is 0 Å². The van der Waals surface area contributed by atoms with Crippen molar-refractivity contribution < 1.29 is 40.2 Å². The number of fused-ring (bicyclic) bond motifs is 1. The van der Waals surface area contributed by atoms with E-state index in [1.807, 2.05) is 0 Å². The second kappa shape index (κ2) is 8.45.